The van der Waals surface area contributed by atoms with E-state index in [0.717, 1.165) is 12.8 Å². The molecule has 0 bridgehead atoms. The lowest BCUT2D eigenvalue weighted by Crippen LogP contribution is -2.31. The van der Waals surface area contributed by atoms with Crippen LogP contribution in [-0.2, 0) is 16.0 Å². The Balaban J connectivity index is 2.07. The van der Waals surface area contributed by atoms with Crippen molar-refractivity contribution < 1.29 is 9.53 Å². The number of rotatable bonds is 8. The lowest BCUT2D eigenvalue weighted by molar-refractivity contribution is -0.134. The Morgan fingerprint density at radius 3 is 2.89 bits per heavy atom. The first-order chi connectivity index (χ1) is 9.24. The van der Waals surface area contributed by atoms with E-state index in [-0.39, 0.29) is 12.5 Å². The van der Waals surface area contributed by atoms with E-state index in [0.29, 0.717) is 19.6 Å². The van der Waals surface area contributed by atoms with Crippen molar-refractivity contribution in [1.82, 2.24) is 9.88 Å². The standard InChI is InChI=1S/C14H19N3O2/c1-17(10-3-7-15)14(18)12-19-11-2-4-13-5-8-16-9-6-13/h5-6,8-9H,2-4,10-12H2,1H3. The lowest BCUT2D eigenvalue weighted by atomic mass is 10.1. The first-order valence-electron chi connectivity index (χ1n) is 6.31. The topological polar surface area (TPSA) is 66.2 Å². The number of carbonyl (C=O) groups is 1. The fourth-order valence-corrected chi connectivity index (χ4v) is 1.54. The molecule has 0 fully saturated rings. The number of hydrogen-bond acceptors (Lipinski definition) is 4. The number of ether oxygens (including phenoxy) is 1. The molecule has 5 nitrogen and oxygen atoms in total. The lowest BCUT2D eigenvalue weighted by Gasteiger charge is -2.15. The second-order valence-electron chi connectivity index (χ2n) is 4.24. The molecule has 0 saturated heterocycles. The summed E-state index contributed by atoms with van der Waals surface area (Å²) in [6.07, 6.45) is 5.68. The van der Waals surface area contributed by atoms with Crippen LogP contribution in [0.25, 0.3) is 0 Å². The highest BCUT2D eigenvalue weighted by Gasteiger charge is 2.07. The molecule has 0 aromatic carbocycles. The number of nitriles is 1. The highest BCUT2D eigenvalue weighted by atomic mass is 16.5. The van der Waals surface area contributed by atoms with E-state index in [1.807, 2.05) is 18.2 Å². The molecule has 1 heterocycles. The average Bonchev–Trinajstić information content (AvgIpc) is 2.45. The minimum absolute atomic E-state index is 0.0816. The Kier molecular flexibility index (Phi) is 7.21. The summed E-state index contributed by atoms with van der Waals surface area (Å²) in [5.41, 5.74) is 1.22. The maximum absolute atomic E-state index is 11.6. The van der Waals surface area contributed by atoms with E-state index in [9.17, 15) is 4.79 Å². The Morgan fingerprint density at radius 2 is 2.21 bits per heavy atom. The summed E-state index contributed by atoms with van der Waals surface area (Å²) in [6, 6.07) is 5.95. The molecule has 0 unspecified atom stereocenters. The maximum atomic E-state index is 11.6. The molecule has 5 heteroatoms. The van der Waals surface area contributed by atoms with Gasteiger partial charge in [0.1, 0.15) is 6.61 Å². The molecule has 0 aliphatic rings. The summed E-state index contributed by atoms with van der Waals surface area (Å²) < 4.78 is 5.33. The number of carbonyl (C=O) groups excluding carboxylic acids is 1. The molecule has 0 saturated carbocycles. The van der Waals surface area contributed by atoms with Crippen molar-refractivity contribution >= 4 is 5.91 Å². The van der Waals surface area contributed by atoms with Crippen molar-refractivity contribution in [1.29, 1.82) is 5.26 Å². The number of likely N-dealkylation sites (N-methyl/N-ethyl adjacent to an activating group) is 1. The van der Waals surface area contributed by atoms with E-state index in [1.54, 1.807) is 19.4 Å². The number of pyridine rings is 1. The van der Waals surface area contributed by atoms with Crippen molar-refractivity contribution in [2.75, 3.05) is 26.8 Å². The van der Waals surface area contributed by atoms with Gasteiger partial charge in [0.05, 0.1) is 12.5 Å². The highest BCUT2D eigenvalue weighted by molar-refractivity contribution is 5.77. The second-order valence-corrected chi connectivity index (χ2v) is 4.24. The monoisotopic (exact) mass is 261 g/mol. The van der Waals surface area contributed by atoms with Crippen LogP contribution in [0.2, 0.25) is 0 Å². The molecular weight excluding hydrogens is 242 g/mol. The molecule has 102 valence electrons. The van der Waals surface area contributed by atoms with E-state index in [4.69, 9.17) is 10.00 Å². The van der Waals surface area contributed by atoms with Gasteiger partial charge in [0.25, 0.3) is 0 Å². The quantitative estimate of drug-likeness (QED) is 0.663. The number of nitrogens with zero attached hydrogens (tertiary/aromatic N) is 3. The van der Waals surface area contributed by atoms with Crippen LogP contribution < -0.4 is 0 Å². The number of amides is 1. The molecule has 0 N–H and O–H groups in total. The molecule has 19 heavy (non-hydrogen) atoms. The van der Waals surface area contributed by atoms with Gasteiger partial charge in [0, 0.05) is 32.6 Å². The Labute approximate surface area is 113 Å². The largest absolute Gasteiger partial charge is 0.372 e. The van der Waals surface area contributed by atoms with E-state index >= 15 is 0 Å². The van der Waals surface area contributed by atoms with Gasteiger partial charge in [0.2, 0.25) is 5.91 Å². The van der Waals surface area contributed by atoms with Crippen LogP contribution >= 0.6 is 0 Å². The van der Waals surface area contributed by atoms with Crippen LogP contribution in [0.3, 0.4) is 0 Å². The van der Waals surface area contributed by atoms with Crippen molar-refractivity contribution in [3.05, 3.63) is 30.1 Å². The van der Waals surface area contributed by atoms with Crippen LogP contribution in [0.15, 0.2) is 24.5 Å². The molecule has 1 aromatic rings. The van der Waals surface area contributed by atoms with Gasteiger partial charge in [0.15, 0.2) is 0 Å². The van der Waals surface area contributed by atoms with Crippen LogP contribution in [0, 0.1) is 11.3 Å². The predicted molar refractivity (Wildman–Crippen MR) is 71.2 cm³/mol. The van der Waals surface area contributed by atoms with Crippen LogP contribution in [0.5, 0.6) is 0 Å². The summed E-state index contributed by atoms with van der Waals surface area (Å²) in [6.45, 7) is 1.09. The second kappa shape index (κ2) is 9.06. The molecule has 0 radical (unpaired) electrons. The van der Waals surface area contributed by atoms with Crippen molar-refractivity contribution in [3.63, 3.8) is 0 Å². The fourth-order valence-electron chi connectivity index (χ4n) is 1.54. The van der Waals surface area contributed by atoms with Gasteiger partial charge in [-0.2, -0.15) is 5.26 Å². The highest BCUT2D eigenvalue weighted by Crippen LogP contribution is 2.01. The zero-order valence-corrected chi connectivity index (χ0v) is 11.2. The first kappa shape index (κ1) is 15.1. The third-order valence-corrected chi connectivity index (χ3v) is 2.71. The molecule has 1 amide bonds. The van der Waals surface area contributed by atoms with Crippen molar-refractivity contribution in [2.45, 2.75) is 19.3 Å². The third-order valence-electron chi connectivity index (χ3n) is 2.71. The van der Waals surface area contributed by atoms with Gasteiger partial charge in [-0.15, -0.1) is 0 Å². The Hall–Kier alpha value is -1.93. The Morgan fingerprint density at radius 1 is 1.47 bits per heavy atom. The molecule has 0 aliphatic heterocycles. The minimum atomic E-state index is -0.0841. The first-order valence-corrected chi connectivity index (χ1v) is 6.31. The summed E-state index contributed by atoms with van der Waals surface area (Å²) >= 11 is 0. The van der Waals surface area contributed by atoms with E-state index in [1.165, 1.54) is 10.5 Å². The van der Waals surface area contributed by atoms with Gasteiger partial charge in [-0.05, 0) is 30.5 Å². The maximum Gasteiger partial charge on any atom is 0.248 e. The van der Waals surface area contributed by atoms with Crippen LogP contribution in [0.1, 0.15) is 18.4 Å². The number of aromatic nitrogens is 1. The van der Waals surface area contributed by atoms with Gasteiger partial charge < -0.3 is 9.64 Å². The SMILES string of the molecule is CN(CCC#N)C(=O)COCCCc1ccncc1. The molecule has 1 rings (SSSR count). The number of aryl methyl sites for hydroxylation is 1. The molecule has 0 aliphatic carbocycles. The third kappa shape index (κ3) is 6.53. The number of hydrogen-bond donors (Lipinski definition) is 0. The van der Waals surface area contributed by atoms with Crippen molar-refractivity contribution in [2.24, 2.45) is 0 Å². The molecular formula is C14H19N3O2. The van der Waals surface area contributed by atoms with Gasteiger partial charge in [-0.25, -0.2) is 0 Å². The zero-order valence-electron chi connectivity index (χ0n) is 11.2. The summed E-state index contributed by atoms with van der Waals surface area (Å²) in [4.78, 5) is 17.0. The zero-order chi connectivity index (χ0) is 13.9. The summed E-state index contributed by atoms with van der Waals surface area (Å²) in [5.74, 6) is -0.0841. The molecule has 0 spiro atoms. The Bertz CT molecular complexity index is 414. The van der Waals surface area contributed by atoms with Crippen molar-refractivity contribution in [3.8, 4) is 6.07 Å². The smallest absolute Gasteiger partial charge is 0.248 e. The molecule has 1 aromatic heterocycles. The summed E-state index contributed by atoms with van der Waals surface area (Å²) in [7, 11) is 1.68. The average molecular weight is 261 g/mol. The molecule has 0 atom stereocenters. The van der Waals surface area contributed by atoms with E-state index in [2.05, 4.69) is 4.98 Å². The van der Waals surface area contributed by atoms with Crippen LogP contribution in [-0.4, -0.2) is 42.6 Å². The normalized spacial score (nSPS) is 9.89. The van der Waals surface area contributed by atoms with Gasteiger partial charge in [-0.3, -0.25) is 9.78 Å². The fraction of sp³-hybridized carbons (Fsp3) is 0.500. The van der Waals surface area contributed by atoms with Gasteiger partial charge >= 0.3 is 0 Å². The van der Waals surface area contributed by atoms with Crippen LogP contribution in [0.4, 0.5) is 0 Å². The minimum Gasteiger partial charge on any atom is -0.372 e. The summed E-state index contributed by atoms with van der Waals surface area (Å²) in [5, 5.41) is 8.43. The van der Waals surface area contributed by atoms with Gasteiger partial charge in [-0.1, -0.05) is 0 Å². The van der Waals surface area contributed by atoms with E-state index < -0.39 is 0 Å². The predicted octanol–water partition coefficient (Wildman–Crippen LogP) is 1.40.